The van der Waals surface area contributed by atoms with Crippen LogP contribution in [0.1, 0.15) is 37.0 Å². The second kappa shape index (κ2) is 5.80. The van der Waals surface area contributed by atoms with Crippen LogP contribution in [0.3, 0.4) is 0 Å². The highest BCUT2D eigenvalue weighted by Gasteiger charge is 2.31. The normalized spacial score (nSPS) is 23.3. The second-order valence-electron chi connectivity index (χ2n) is 5.77. The third-order valence-corrected chi connectivity index (χ3v) is 4.07. The predicted octanol–water partition coefficient (Wildman–Crippen LogP) is 3.89. The molecule has 0 amide bonds. The Labute approximate surface area is 119 Å². The minimum absolute atomic E-state index is 0.134. The molecule has 0 radical (unpaired) electrons. The second-order valence-corrected chi connectivity index (χ2v) is 5.77. The van der Waals surface area contributed by atoms with Crippen LogP contribution in [0.4, 0.5) is 4.39 Å². The van der Waals surface area contributed by atoms with Gasteiger partial charge in [-0.3, -0.25) is 0 Å². The Kier molecular flexibility index (Phi) is 3.88. The van der Waals surface area contributed by atoms with Gasteiger partial charge in [0.2, 0.25) is 0 Å². The molecule has 1 saturated carbocycles. The summed E-state index contributed by atoms with van der Waals surface area (Å²) in [6.45, 7) is 2.18. The van der Waals surface area contributed by atoms with Gasteiger partial charge < -0.3 is 9.73 Å². The topological polar surface area (TPSA) is 25.2 Å². The summed E-state index contributed by atoms with van der Waals surface area (Å²) in [7, 11) is 0. The monoisotopic (exact) mass is 273 g/mol. The molecule has 3 rings (SSSR count). The van der Waals surface area contributed by atoms with Crippen molar-refractivity contribution in [3.8, 4) is 0 Å². The molecule has 1 aromatic heterocycles. The van der Waals surface area contributed by atoms with Gasteiger partial charge in [0.1, 0.15) is 11.6 Å². The summed E-state index contributed by atoms with van der Waals surface area (Å²) >= 11 is 0. The predicted molar refractivity (Wildman–Crippen MR) is 77.2 cm³/mol. The van der Waals surface area contributed by atoms with E-state index in [4.69, 9.17) is 4.42 Å². The van der Waals surface area contributed by atoms with Crippen LogP contribution in [-0.2, 0) is 6.42 Å². The number of furan rings is 1. The van der Waals surface area contributed by atoms with Crippen molar-refractivity contribution in [2.75, 3.05) is 0 Å². The van der Waals surface area contributed by atoms with Crippen molar-refractivity contribution in [2.24, 2.45) is 0 Å². The average Bonchev–Trinajstić information content (AvgIpc) is 2.86. The van der Waals surface area contributed by atoms with Crippen LogP contribution in [0.25, 0.3) is 0 Å². The van der Waals surface area contributed by atoms with E-state index in [1.54, 1.807) is 18.4 Å². The molecule has 0 bridgehead atoms. The first-order chi connectivity index (χ1) is 9.70. The first kappa shape index (κ1) is 13.4. The van der Waals surface area contributed by atoms with Crippen LogP contribution in [0.15, 0.2) is 47.1 Å². The Morgan fingerprint density at radius 3 is 2.85 bits per heavy atom. The van der Waals surface area contributed by atoms with Gasteiger partial charge in [-0.05, 0) is 55.5 Å². The van der Waals surface area contributed by atoms with E-state index in [2.05, 4.69) is 12.2 Å². The van der Waals surface area contributed by atoms with Crippen LogP contribution in [0, 0.1) is 5.82 Å². The SMILES string of the molecule is CC(Cc1ccco1)NC1CC(c2cccc(F)c2)C1. The Balaban J connectivity index is 1.46. The molecular formula is C17H20FNO. The zero-order chi connectivity index (χ0) is 13.9. The highest BCUT2D eigenvalue weighted by atomic mass is 19.1. The molecule has 1 unspecified atom stereocenters. The molecule has 0 spiro atoms. The average molecular weight is 273 g/mol. The van der Waals surface area contributed by atoms with E-state index in [0.29, 0.717) is 18.0 Å². The lowest BCUT2D eigenvalue weighted by Crippen LogP contribution is -2.45. The summed E-state index contributed by atoms with van der Waals surface area (Å²) in [5, 5.41) is 3.62. The zero-order valence-electron chi connectivity index (χ0n) is 11.7. The lowest BCUT2D eigenvalue weighted by molar-refractivity contribution is 0.265. The van der Waals surface area contributed by atoms with E-state index in [0.717, 1.165) is 30.6 Å². The number of hydrogen-bond donors (Lipinski definition) is 1. The molecular weight excluding hydrogens is 253 g/mol. The van der Waals surface area contributed by atoms with Gasteiger partial charge in [0.25, 0.3) is 0 Å². The molecule has 1 aromatic carbocycles. The standard InChI is InChI=1S/C17H20FNO/c1-12(8-17-6-3-7-20-17)19-16-10-14(11-16)13-4-2-5-15(18)9-13/h2-7,9,12,14,16,19H,8,10-11H2,1H3. The van der Waals surface area contributed by atoms with E-state index < -0.39 is 0 Å². The lowest BCUT2D eigenvalue weighted by Gasteiger charge is -2.38. The largest absolute Gasteiger partial charge is 0.469 e. The van der Waals surface area contributed by atoms with E-state index >= 15 is 0 Å². The highest BCUT2D eigenvalue weighted by molar-refractivity contribution is 5.23. The number of benzene rings is 1. The molecule has 1 heterocycles. The van der Waals surface area contributed by atoms with Crippen molar-refractivity contribution in [2.45, 2.75) is 44.2 Å². The molecule has 2 aromatic rings. The van der Waals surface area contributed by atoms with Gasteiger partial charge in [0.15, 0.2) is 0 Å². The maximum Gasteiger partial charge on any atom is 0.123 e. The summed E-state index contributed by atoms with van der Waals surface area (Å²) in [5.41, 5.74) is 1.13. The summed E-state index contributed by atoms with van der Waals surface area (Å²) in [5.74, 6) is 1.38. The van der Waals surface area contributed by atoms with Crippen molar-refractivity contribution < 1.29 is 8.81 Å². The minimum Gasteiger partial charge on any atom is -0.469 e. The molecule has 1 aliphatic carbocycles. The fourth-order valence-electron chi connectivity index (χ4n) is 2.98. The van der Waals surface area contributed by atoms with Gasteiger partial charge in [0.05, 0.1) is 6.26 Å². The van der Waals surface area contributed by atoms with Gasteiger partial charge in [-0.15, -0.1) is 0 Å². The molecule has 1 atom stereocenters. The van der Waals surface area contributed by atoms with E-state index in [-0.39, 0.29) is 5.82 Å². The minimum atomic E-state index is -0.134. The number of nitrogens with one attached hydrogen (secondary N) is 1. The molecule has 0 saturated heterocycles. The van der Waals surface area contributed by atoms with Crippen LogP contribution in [0.2, 0.25) is 0 Å². The molecule has 106 valence electrons. The summed E-state index contributed by atoms with van der Waals surface area (Å²) in [6, 6.07) is 11.9. The maximum atomic E-state index is 13.2. The summed E-state index contributed by atoms with van der Waals surface area (Å²) < 4.78 is 18.5. The van der Waals surface area contributed by atoms with Gasteiger partial charge in [-0.25, -0.2) is 4.39 Å². The lowest BCUT2D eigenvalue weighted by atomic mass is 9.75. The smallest absolute Gasteiger partial charge is 0.123 e. The fourth-order valence-corrected chi connectivity index (χ4v) is 2.98. The molecule has 1 aliphatic rings. The van der Waals surface area contributed by atoms with E-state index in [1.165, 1.54) is 6.07 Å². The number of rotatable bonds is 5. The Bertz CT molecular complexity index is 546. The van der Waals surface area contributed by atoms with Crippen LogP contribution in [-0.4, -0.2) is 12.1 Å². The first-order valence-corrected chi connectivity index (χ1v) is 7.24. The molecule has 2 nitrogen and oxygen atoms in total. The van der Waals surface area contributed by atoms with Gasteiger partial charge in [0, 0.05) is 18.5 Å². The number of hydrogen-bond acceptors (Lipinski definition) is 2. The third-order valence-electron chi connectivity index (χ3n) is 4.07. The van der Waals surface area contributed by atoms with Crippen molar-refractivity contribution in [3.63, 3.8) is 0 Å². The molecule has 3 heteroatoms. The summed E-state index contributed by atoms with van der Waals surface area (Å²) in [6.07, 6.45) is 4.80. The molecule has 1 fully saturated rings. The molecule has 0 aliphatic heterocycles. The molecule has 20 heavy (non-hydrogen) atoms. The Morgan fingerprint density at radius 2 is 2.15 bits per heavy atom. The van der Waals surface area contributed by atoms with Crippen molar-refractivity contribution in [3.05, 3.63) is 59.8 Å². The van der Waals surface area contributed by atoms with Crippen molar-refractivity contribution in [1.29, 1.82) is 0 Å². The third kappa shape index (κ3) is 3.10. The number of halogens is 1. The van der Waals surface area contributed by atoms with Crippen LogP contribution in [0.5, 0.6) is 0 Å². The van der Waals surface area contributed by atoms with E-state index in [9.17, 15) is 4.39 Å². The summed E-state index contributed by atoms with van der Waals surface area (Å²) in [4.78, 5) is 0. The van der Waals surface area contributed by atoms with E-state index in [1.807, 2.05) is 18.2 Å². The van der Waals surface area contributed by atoms with Gasteiger partial charge >= 0.3 is 0 Å². The highest BCUT2D eigenvalue weighted by Crippen LogP contribution is 2.37. The quantitative estimate of drug-likeness (QED) is 0.894. The van der Waals surface area contributed by atoms with Crippen LogP contribution >= 0.6 is 0 Å². The first-order valence-electron chi connectivity index (χ1n) is 7.24. The van der Waals surface area contributed by atoms with Gasteiger partial charge in [-0.2, -0.15) is 0 Å². The zero-order valence-corrected chi connectivity index (χ0v) is 11.7. The van der Waals surface area contributed by atoms with Gasteiger partial charge in [-0.1, -0.05) is 12.1 Å². The van der Waals surface area contributed by atoms with Crippen LogP contribution < -0.4 is 5.32 Å². The Morgan fingerprint density at radius 1 is 1.30 bits per heavy atom. The van der Waals surface area contributed by atoms with Crippen molar-refractivity contribution >= 4 is 0 Å². The fraction of sp³-hybridized carbons (Fsp3) is 0.412. The molecule has 1 N–H and O–H groups in total. The van der Waals surface area contributed by atoms with Crippen molar-refractivity contribution in [1.82, 2.24) is 5.32 Å². The Hall–Kier alpha value is -1.61. The maximum absolute atomic E-state index is 13.2.